The van der Waals surface area contributed by atoms with Crippen molar-refractivity contribution in [2.75, 3.05) is 34.8 Å². The van der Waals surface area contributed by atoms with Gasteiger partial charge in [0.15, 0.2) is 0 Å². The summed E-state index contributed by atoms with van der Waals surface area (Å²) in [7, 11) is 0. The van der Waals surface area contributed by atoms with E-state index in [1.807, 2.05) is 24.3 Å². The Morgan fingerprint density at radius 2 is 1.82 bits per heavy atom. The normalized spacial score (nSPS) is 14.6. The van der Waals surface area contributed by atoms with E-state index in [4.69, 9.17) is 0 Å². The van der Waals surface area contributed by atoms with Gasteiger partial charge < -0.3 is 15.1 Å². The third kappa shape index (κ3) is 5.09. The molecule has 0 bridgehead atoms. The number of rotatable bonds is 5. The molecule has 5 nitrogen and oxygen atoms in total. The predicted molar refractivity (Wildman–Crippen MR) is 110 cm³/mol. The van der Waals surface area contributed by atoms with E-state index in [9.17, 15) is 14.0 Å². The second-order valence-electron chi connectivity index (χ2n) is 7.35. The Bertz CT molecular complexity index is 830. The van der Waals surface area contributed by atoms with Gasteiger partial charge >= 0.3 is 0 Å². The van der Waals surface area contributed by atoms with E-state index in [2.05, 4.69) is 17.1 Å². The molecule has 2 aromatic rings. The molecule has 0 saturated carbocycles. The highest BCUT2D eigenvalue weighted by atomic mass is 19.1. The van der Waals surface area contributed by atoms with Crippen molar-refractivity contribution >= 4 is 28.9 Å². The molecule has 1 N–H and O–H groups in total. The standard InChI is InChI=1S/C22H26FN3O2/c1-16-10-12-25(13-11-16)20-6-8-21(9-7-20)26(17(2)27)15-22(28)24-19-5-3-4-18(23)14-19/h3-9,14,16H,10-13,15H2,1-2H3,(H,24,28). The fourth-order valence-electron chi connectivity index (χ4n) is 3.40. The molecule has 1 fully saturated rings. The van der Waals surface area contributed by atoms with Crippen molar-refractivity contribution in [3.63, 3.8) is 0 Å². The zero-order valence-electron chi connectivity index (χ0n) is 16.3. The zero-order chi connectivity index (χ0) is 20.1. The van der Waals surface area contributed by atoms with Crippen LogP contribution >= 0.6 is 0 Å². The minimum absolute atomic E-state index is 0.133. The Morgan fingerprint density at radius 3 is 2.43 bits per heavy atom. The second-order valence-corrected chi connectivity index (χ2v) is 7.35. The molecule has 3 rings (SSSR count). The Hall–Kier alpha value is -2.89. The summed E-state index contributed by atoms with van der Waals surface area (Å²) in [6, 6.07) is 13.4. The van der Waals surface area contributed by atoms with E-state index >= 15 is 0 Å². The third-order valence-electron chi connectivity index (χ3n) is 5.10. The van der Waals surface area contributed by atoms with Gasteiger partial charge in [0.25, 0.3) is 0 Å². The second kappa shape index (κ2) is 8.87. The van der Waals surface area contributed by atoms with Crippen LogP contribution in [0.1, 0.15) is 26.7 Å². The first-order valence-electron chi connectivity index (χ1n) is 9.61. The van der Waals surface area contributed by atoms with Gasteiger partial charge in [0.2, 0.25) is 11.8 Å². The van der Waals surface area contributed by atoms with Crippen LogP contribution in [-0.4, -0.2) is 31.4 Å². The van der Waals surface area contributed by atoms with E-state index in [1.165, 1.54) is 42.9 Å². The van der Waals surface area contributed by atoms with Crippen molar-refractivity contribution in [2.45, 2.75) is 26.7 Å². The molecule has 2 amide bonds. The number of piperidine rings is 1. The van der Waals surface area contributed by atoms with Crippen LogP contribution in [0.3, 0.4) is 0 Å². The van der Waals surface area contributed by atoms with Gasteiger partial charge in [0, 0.05) is 37.1 Å². The number of halogens is 1. The topological polar surface area (TPSA) is 52.7 Å². The first-order valence-corrected chi connectivity index (χ1v) is 9.61. The molecule has 1 heterocycles. The van der Waals surface area contributed by atoms with Crippen molar-refractivity contribution < 1.29 is 14.0 Å². The number of amides is 2. The lowest BCUT2D eigenvalue weighted by atomic mass is 9.99. The maximum atomic E-state index is 13.3. The number of carbonyl (C=O) groups is 2. The predicted octanol–water partition coefficient (Wildman–Crippen LogP) is 4.05. The van der Waals surface area contributed by atoms with Crippen LogP contribution in [0.4, 0.5) is 21.5 Å². The summed E-state index contributed by atoms with van der Waals surface area (Å²) in [5, 5.41) is 2.62. The number of hydrogen-bond acceptors (Lipinski definition) is 3. The van der Waals surface area contributed by atoms with E-state index in [-0.39, 0.29) is 18.4 Å². The largest absolute Gasteiger partial charge is 0.372 e. The summed E-state index contributed by atoms with van der Waals surface area (Å²) in [6.07, 6.45) is 2.36. The van der Waals surface area contributed by atoms with Crippen LogP contribution in [0.15, 0.2) is 48.5 Å². The van der Waals surface area contributed by atoms with Gasteiger partial charge in [-0.2, -0.15) is 0 Å². The van der Waals surface area contributed by atoms with Crippen LogP contribution in [0.25, 0.3) is 0 Å². The molecule has 0 aliphatic carbocycles. The number of benzene rings is 2. The number of hydrogen-bond donors (Lipinski definition) is 1. The molecule has 148 valence electrons. The van der Waals surface area contributed by atoms with Crippen LogP contribution in [0.5, 0.6) is 0 Å². The smallest absolute Gasteiger partial charge is 0.244 e. The molecular formula is C22H26FN3O2. The highest BCUT2D eigenvalue weighted by molar-refractivity contribution is 6.01. The molecule has 1 aliphatic rings. The number of anilines is 3. The molecule has 6 heteroatoms. The number of carbonyl (C=O) groups excluding carboxylic acids is 2. The average Bonchev–Trinajstić information content (AvgIpc) is 2.67. The molecule has 0 aromatic heterocycles. The van der Waals surface area contributed by atoms with Crippen molar-refractivity contribution in [1.29, 1.82) is 0 Å². The van der Waals surface area contributed by atoms with Gasteiger partial charge in [-0.1, -0.05) is 13.0 Å². The molecule has 2 aromatic carbocycles. The highest BCUT2D eigenvalue weighted by Gasteiger charge is 2.18. The Balaban J connectivity index is 1.66. The summed E-state index contributed by atoms with van der Waals surface area (Å²) in [5.41, 5.74) is 2.16. The zero-order valence-corrected chi connectivity index (χ0v) is 16.3. The van der Waals surface area contributed by atoms with E-state index in [0.717, 1.165) is 24.7 Å². The van der Waals surface area contributed by atoms with E-state index in [1.54, 1.807) is 6.07 Å². The van der Waals surface area contributed by atoms with Crippen LogP contribution in [0, 0.1) is 11.7 Å². The van der Waals surface area contributed by atoms with Crippen molar-refractivity contribution in [3.8, 4) is 0 Å². The first-order chi connectivity index (χ1) is 13.4. The fraction of sp³-hybridized carbons (Fsp3) is 0.364. The van der Waals surface area contributed by atoms with Gasteiger partial charge in [-0.05, 0) is 61.2 Å². The van der Waals surface area contributed by atoms with Crippen LogP contribution in [-0.2, 0) is 9.59 Å². The monoisotopic (exact) mass is 383 g/mol. The third-order valence-corrected chi connectivity index (χ3v) is 5.10. The fourth-order valence-corrected chi connectivity index (χ4v) is 3.40. The van der Waals surface area contributed by atoms with E-state index < -0.39 is 5.82 Å². The SMILES string of the molecule is CC(=O)N(CC(=O)Nc1cccc(F)c1)c1ccc(N2CCC(C)CC2)cc1. The summed E-state index contributed by atoms with van der Waals surface area (Å²) < 4.78 is 13.3. The highest BCUT2D eigenvalue weighted by Crippen LogP contribution is 2.25. The van der Waals surface area contributed by atoms with Gasteiger partial charge in [0.05, 0.1) is 0 Å². The Morgan fingerprint density at radius 1 is 1.14 bits per heavy atom. The number of nitrogens with zero attached hydrogens (tertiary/aromatic N) is 2. The summed E-state index contributed by atoms with van der Waals surface area (Å²) >= 11 is 0. The van der Waals surface area contributed by atoms with Crippen LogP contribution < -0.4 is 15.1 Å². The lowest BCUT2D eigenvalue weighted by Gasteiger charge is -2.32. The maximum absolute atomic E-state index is 13.3. The van der Waals surface area contributed by atoms with Gasteiger partial charge in [-0.3, -0.25) is 9.59 Å². The lowest BCUT2D eigenvalue weighted by Crippen LogP contribution is -2.36. The average molecular weight is 383 g/mol. The van der Waals surface area contributed by atoms with Crippen molar-refractivity contribution in [3.05, 3.63) is 54.3 Å². The molecule has 0 spiro atoms. The van der Waals surface area contributed by atoms with E-state index in [0.29, 0.717) is 11.4 Å². The molecular weight excluding hydrogens is 357 g/mol. The quantitative estimate of drug-likeness (QED) is 0.847. The summed E-state index contributed by atoms with van der Waals surface area (Å²) in [5.74, 6) is -0.270. The van der Waals surface area contributed by atoms with Crippen molar-refractivity contribution in [2.24, 2.45) is 5.92 Å². The van der Waals surface area contributed by atoms with Gasteiger partial charge in [-0.25, -0.2) is 4.39 Å². The minimum Gasteiger partial charge on any atom is -0.372 e. The van der Waals surface area contributed by atoms with Crippen molar-refractivity contribution in [1.82, 2.24) is 0 Å². The van der Waals surface area contributed by atoms with Gasteiger partial charge in [-0.15, -0.1) is 0 Å². The molecule has 0 atom stereocenters. The Kier molecular flexibility index (Phi) is 6.29. The maximum Gasteiger partial charge on any atom is 0.244 e. The minimum atomic E-state index is -0.427. The van der Waals surface area contributed by atoms with Crippen LogP contribution in [0.2, 0.25) is 0 Å². The molecule has 28 heavy (non-hydrogen) atoms. The number of nitrogens with one attached hydrogen (secondary N) is 1. The molecule has 0 radical (unpaired) electrons. The van der Waals surface area contributed by atoms with Gasteiger partial charge in [0.1, 0.15) is 12.4 Å². The molecule has 0 unspecified atom stereocenters. The lowest BCUT2D eigenvalue weighted by molar-refractivity contribution is -0.120. The summed E-state index contributed by atoms with van der Waals surface area (Å²) in [6.45, 7) is 5.64. The Labute approximate surface area is 165 Å². The molecule has 1 aliphatic heterocycles. The first kappa shape index (κ1) is 19.9. The summed E-state index contributed by atoms with van der Waals surface area (Å²) in [4.78, 5) is 28.2. The molecule has 1 saturated heterocycles.